The van der Waals surface area contributed by atoms with Gasteiger partial charge in [-0.3, -0.25) is 4.79 Å². The summed E-state index contributed by atoms with van der Waals surface area (Å²) in [5, 5.41) is 12.0. The van der Waals surface area contributed by atoms with Crippen molar-refractivity contribution in [1.29, 1.82) is 0 Å². The number of nitrogens with zero attached hydrogens (tertiary/aromatic N) is 2. The summed E-state index contributed by atoms with van der Waals surface area (Å²) in [6.07, 6.45) is 0.129. The minimum atomic E-state index is -1.81. The Labute approximate surface area is 180 Å². The molecule has 0 bridgehead atoms. The molecule has 7 nitrogen and oxygen atoms in total. The van der Waals surface area contributed by atoms with Crippen LogP contribution < -0.4 is 10.5 Å². The highest BCUT2D eigenvalue weighted by Crippen LogP contribution is 2.39. The van der Waals surface area contributed by atoms with E-state index in [0.717, 1.165) is 27.8 Å². The summed E-state index contributed by atoms with van der Waals surface area (Å²) >= 11 is 0. The van der Waals surface area contributed by atoms with Gasteiger partial charge in [-0.15, -0.1) is 0 Å². The summed E-state index contributed by atoms with van der Waals surface area (Å²) in [5.74, 6) is -0.710. The van der Waals surface area contributed by atoms with Crippen LogP contribution in [0.4, 0.5) is 5.69 Å². The van der Waals surface area contributed by atoms with Crippen molar-refractivity contribution in [3.8, 4) is 11.4 Å². The Morgan fingerprint density at radius 1 is 1.26 bits per heavy atom. The summed E-state index contributed by atoms with van der Waals surface area (Å²) < 4.78 is 6.79. The summed E-state index contributed by atoms with van der Waals surface area (Å²) in [6.45, 7) is 8.67. The van der Waals surface area contributed by atoms with Crippen molar-refractivity contribution in [2.24, 2.45) is 0 Å². The van der Waals surface area contributed by atoms with E-state index in [2.05, 4.69) is 30.7 Å². The number of aromatic nitrogens is 2. The zero-order valence-electron chi connectivity index (χ0n) is 18.1. The fourth-order valence-electron chi connectivity index (χ4n) is 4.51. The molecule has 0 fully saturated rings. The molecule has 2 aliphatic rings. The lowest BCUT2D eigenvalue weighted by molar-refractivity contribution is -0.172. The predicted molar refractivity (Wildman–Crippen MR) is 121 cm³/mol. The second kappa shape index (κ2) is 6.51. The van der Waals surface area contributed by atoms with E-state index in [4.69, 9.17) is 9.72 Å². The van der Waals surface area contributed by atoms with Crippen LogP contribution in [0.1, 0.15) is 30.0 Å². The number of nitrogens with one attached hydrogen (secondary N) is 1. The maximum atomic E-state index is 13.3. The molecule has 2 aromatic heterocycles. The first-order chi connectivity index (χ1) is 14.6. The van der Waals surface area contributed by atoms with Crippen LogP contribution in [0.25, 0.3) is 22.3 Å². The molecule has 8 heteroatoms. The monoisotopic (exact) mass is 435 g/mol. The van der Waals surface area contributed by atoms with E-state index in [0.29, 0.717) is 23.4 Å². The first kappa shape index (κ1) is 20.0. The molecule has 2 aliphatic heterocycles. The van der Waals surface area contributed by atoms with Crippen LogP contribution in [-0.2, 0) is 28.3 Å². The summed E-state index contributed by atoms with van der Waals surface area (Å²) in [4.78, 5) is 34.2. The number of cyclic esters (lactones) is 1. The number of fused-ring (bicyclic) bond motifs is 5. The lowest BCUT2D eigenvalue weighted by Crippen LogP contribution is -2.44. The standard InChI is InChI=1S/C23H25N3O4Si/c1-5-23(29)16-10-18-20-14(11-26(18)21(27)15(16)12-30-22(23)28)9-13-7-6-8-17(19(13)24-20)25-31(2,3)4/h6-10,25,29H,5,11-12H2,1-4H3/t23-/m0/s1. The predicted octanol–water partition coefficient (Wildman–Crippen LogP) is 3.33. The number of carbonyl (C=O) groups is 1. The summed E-state index contributed by atoms with van der Waals surface area (Å²) in [5.41, 5.74) is 2.75. The maximum absolute atomic E-state index is 13.3. The molecule has 3 aromatic rings. The first-order valence-electron chi connectivity index (χ1n) is 10.5. The lowest BCUT2D eigenvalue weighted by atomic mass is 9.86. The molecule has 2 N–H and O–H groups in total. The van der Waals surface area contributed by atoms with Gasteiger partial charge in [0.05, 0.1) is 34.7 Å². The average Bonchev–Trinajstić information content (AvgIpc) is 3.07. The quantitative estimate of drug-likeness (QED) is 0.379. The van der Waals surface area contributed by atoms with Crippen LogP contribution in [0.15, 0.2) is 35.1 Å². The number of anilines is 1. The largest absolute Gasteiger partial charge is 0.458 e. The van der Waals surface area contributed by atoms with Gasteiger partial charge in [0, 0.05) is 16.5 Å². The Morgan fingerprint density at radius 3 is 2.74 bits per heavy atom. The van der Waals surface area contributed by atoms with Gasteiger partial charge in [0.15, 0.2) is 5.60 Å². The molecule has 4 heterocycles. The number of pyridine rings is 2. The minimum Gasteiger partial charge on any atom is -0.458 e. The van der Waals surface area contributed by atoms with Crippen LogP contribution in [0.3, 0.4) is 0 Å². The maximum Gasteiger partial charge on any atom is 0.343 e. The minimum absolute atomic E-state index is 0.119. The molecule has 0 amide bonds. The molecule has 160 valence electrons. The summed E-state index contributed by atoms with van der Waals surface area (Å²) in [6, 6.07) is 9.89. The van der Waals surface area contributed by atoms with E-state index < -0.39 is 19.8 Å². The van der Waals surface area contributed by atoms with Crippen LogP contribution in [0.2, 0.25) is 19.6 Å². The number of hydrogen-bond donors (Lipinski definition) is 2. The third-order valence-electron chi connectivity index (χ3n) is 6.05. The number of para-hydroxylation sites is 1. The number of ether oxygens (including phenoxy) is 1. The van der Waals surface area contributed by atoms with E-state index in [-0.39, 0.29) is 18.6 Å². The molecule has 0 aliphatic carbocycles. The first-order valence-corrected chi connectivity index (χ1v) is 14.0. The van der Waals surface area contributed by atoms with Gasteiger partial charge in [-0.2, -0.15) is 0 Å². The molecule has 0 radical (unpaired) electrons. The van der Waals surface area contributed by atoms with Crippen molar-refractivity contribution in [2.45, 2.75) is 51.7 Å². The topological polar surface area (TPSA) is 93.5 Å². The Bertz CT molecular complexity index is 1330. The second-order valence-corrected chi connectivity index (χ2v) is 14.1. The number of carbonyl (C=O) groups excluding carboxylic acids is 1. The molecular weight excluding hydrogens is 410 g/mol. The number of benzene rings is 1. The van der Waals surface area contributed by atoms with Gasteiger partial charge >= 0.3 is 5.97 Å². The van der Waals surface area contributed by atoms with Gasteiger partial charge in [-0.1, -0.05) is 38.7 Å². The SMILES string of the molecule is CC[C@@]1(O)C(=O)OCc2c1cc1n(c2=O)Cc2cc3cccc(N[Si](C)(C)C)c3nc2-1. The van der Waals surface area contributed by atoms with E-state index in [9.17, 15) is 14.7 Å². The van der Waals surface area contributed by atoms with Gasteiger partial charge in [0.2, 0.25) is 0 Å². The molecule has 1 aromatic carbocycles. The third-order valence-corrected chi connectivity index (χ3v) is 7.07. The van der Waals surface area contributed by atoms with Crippen LogP contribution >= 0.6 is 0 Å². The Morgan fingerprint density at radius 2 is 2.03 bits per heavy atom. The van der Waals surface area contributed by atoms with E-state index in [1.165, 1.54) is 0 Å². The normalized spacial score (nSPS) is 19.6. The van der Waals surface area contributed by atoms with Gasteiger partial charge < -0.3 is 19.4 Å². The van der Waals surface area contributed by atoms with Crippen molar-refractivity contribution in [2.75, 3.05) is 4.98 Å². The highest BCUT2D eigenvalue weighted by Gasteiger charge is 2.45. The number of esters is 1. The third kappa shape index (κ3) is 2.93. The van der Waals surface area contributed by atoms with Crippen molar-refractivity contribution < 1.29 is 14.6 Å². The highest BCUT2D eigenvalue weighted by molar-refractivity contribution is 6.79. The van der Waals surface area contributed by atoms with Crippen LogP contribution in [0.5, 0.6) is 0 Å². The Hall–Kier alpha value is -2.97. The lowest BCUT2D eigenvalue weighted by Gasteiger charge is -2.31. The molecule has 1 atom stereocenters. The molecule has 0 spiro atoms. The Kier molecular flexibility index (Phi) is 4.19. The average molecular weight is 436 g/mol. The zero-order valence-corrected chi connectivity index (χ0v) is 19.1. The van der Waals surface area contributed by atoms with Crippen molar-refractivity contribution in [1.82, 2.24) is 9.55 Å². The van der Waals surface area contributed by atoms with Gasteiger partial charge in [0.25, 0.3) is 5.56 Å². The van der Waals surface area contributed by atoms with Crippen molar-refractivity contribution >= 4 is 30.8 Å². The van der Waals surface area contributed by atoms with E-state index >= 15 is 0 Å². The molecule has 31 heavy (non-hydrogen) atoms. The van der Waals surface area contributed by atoms with Crippen molar-refractivity contribution in [3.05, 3.63) is 57.4 Å². The fraction of sp³-hybridized carbons (Fsp3) is 0.348. The summed E-state index contributed by atoms with van der Waals surface area (Å²) in [7, 11) is -1.60. The molecule has 0 saturated carbocycles. The number of rotatable bonds is 3. The van der Waals surface area contributed by atoms with E-state index in [1.807, 2.05) is 18.2 Å². The molecular formula is C23H25N3O4Si. The Balaban J connectivity index is 1.75. The van der Waals surface area contributed by atoms with Gasteiger partial charge in [0.1, 0.15) is 14.8 Å². The van der Waals surface area contributed by atoms with Gasteiger partial charge in [-0.25, -0.2) is 9.78 Å². The second-order valence-electron chi connectivity index (χ2n) is 9.35. The number of aliphatic hydroxyl groups is 1. The van der Waals surface area contributed by atoms with Crippen LogP contribution in [-0.4, -0.2) is 28.9 Å². The van der Waals surface area contributed by atoms with Gasteiger partial charge in [-0.05, 0) is 24.6 Å². The fourth-order valence-corrected chi connectivity index (χ4v) is 5.52. The van der Waals surface area contributed by atoms with Crippen molar-refractivity contribution in [3.63, 3.8) is 0 Å². The van der Waals surface area contributed by atoms with E-state index in [1.54, 1.807) is 17.6 Å². The number of hydrogen-bond acceptors (Lipinski definition) is 6. The highest BCUT2D eigenvalue weighted by atomic mass is 28.3. The molecule has 0 saturated heterocycles. The van der Waals surface area contributed by atoms with Crippen LogP contribution in [0, 0.1) is 0 Å². The smallest absolute Gasteiger partial charge is 0.343 e. The zero-order chi connectivity index (χ0) is 22.1. The molecule has 5 rings (SSSR count). The molecule has 0 unspecified atom stereocenters.